The third kappa shape index (κ3) is 4.38. The Labute approximate surface area is 170 Å². The minimum Gasteiger partial charge on any atom is -0.550 e. The summed E-state index contributed by atoms with van der Waals surface area (Å²) in [6.07, 6.45) is 4.75. The number of ketones is 1. The number of aliphatic carboxylic acids is 1. The van der Waals surface area contributed by atoms with Gasteiger partial charge in [0.2, 0.25) is 0 Å². The molecule has 0 saturated carbocycles. The van der Waals surface area contributed by atoms with Gasteiger partial charge in [-0.15, -0.1) is 11.3 Å². The average Bonchev–Trinajstić information content (AvgIpc) is 3.40. The quantitative estimate of drug-likeness (QED) is 0.439. The second-order valence-corrected chi connectivity index (χ2v) is 7.30. The molecule has 0 aliphatic carbocycles. The highest BCUT2D eigenvalue weighted by molar-refractivity contribution is 7.12. The molecule has 2 aromatic heterocycles. The summed E-state index contributed by atoms with van der Waals surface area (Å²) in [7, 11) is 0. The summed E-state index contributed by atoms with van der Waals surface area (Å²) < 4.78 is 12.7. The molecule has 148 valence electrons. The summed E-state index contributed by atoms with van der Waals surface area (Å²) in [6.45, 7) is 1.15. The molecule has 3 aromatic rings. The Morgan fingerprint density at radius 3 is 2.79 bits per heavy atom. The molecule has 0 radical (unpaired) electrons. The van der Waals surface area contributed by atoms with Crippen molar-refractivity contribution in [1.29, 1.82) is 0 Å². The molecule has 0 bridgehead atoms. The van der Waals surface area contributed by atoms with E-state index in [9.17, 15) is 14.7 Å². The second kappa shape index (κ2) is 8.32. The topological polar surface area (TPSA) is 93.5 Å². The van der Waals surface area contributed by atoms with Crippen molar-refractivity contribution >= 4 is 29.2 Å². The summed E-state index contributed by atoms with van der Waals surface area (Å²) in [5.74, 6) is 0.0472. The maximum Gasteiger partial charge on any atom is 0.195 e. The highest BCUT2D eigenvalue weighted by Crippen LogP contribution is 2.35. The molecule has 0 amide bonds. The van der Waals surface area contributed by atoms with Crippen molar-refractivity contribution in [3.8, 4) is 22.8 Å². The van der Waals surface area contributed by atoms with E-state index in [1.165, 1.54) is 22.1 Å². The number of aryl methyl sites for hydroxylation is 1. The van der Waals surface area contributed by atoms with Gasteiger partial charge in [0.05, 0.1) is 10.6 Å². The van der Waals surface area contributed by atoms with Crippen LogP contribution in [0.4, 0.5) is 0 Å². The number of aromatic nitrogens is 2. The van der Waals surface area contributed by atoms with Crippen LogP contribution >= 0.6 is 11.3 Å². The van der Waals surface area contributed by atoms with Crippen LogP contribution in [0, 0.1) is 0 Å². The van der Waals surface area contributed by atoms with Crippen LogP contribution in [0.25, 0.3) is 17.3 Å². The molecule has 7 nitrogen and oxygen atoms in total. The number of hydrogen-bond acceptors (Lipinski definition) is 7. The van der Waals surface area contributed by atoms with Crippen LogP contribution in [0.5, 0.6) is 11.5 Å². The SMILES string of the molecule is O=C([O-])CCn1cc(/C=C/C(=O)c2cccs2)c(-c2ccc3c(c2)OCCO3)n1. The Bertz CT molecular complexity index is 1070. The summed E-state index contributed by atoms with van der Waals surface area (Å²) in [6, 6.07) is 9.09. The highest BCUT2D eigenvalue weighted by atomic mass is 32.1. The summed E-state index contributed by atoms with van der Waals surface area (Å²) in [4.78, 5) is 23.8. The van der Waals surface area contributed by atoms with Crippen LogP contribution in [0.15, 0.2) is 48.0 Å². The second-order valence-electron chi connectivity index (χ2n) is 6.35. The standard InChI is InChI=1S/C21H18N2O5S/c24-16(19-2-1-11-29-19)5-3-15-13-23(8-7-20(25)26)22-21(15)14-4-6-17-18(12-14)28-10-9-27-17/h1-6,11-13H,7-10H2,(H,25,26)/p-1/b5-3+. The molecule has 0 saturated heterocycles. The van der Waals surface area contributed by atoms with E-state index in [4.69, 9.17) is 9.47 Å². The Morgan fingerprint density at radius 1 is 1.21 bits per heavy atom. The van der Waals surface area contributed by atoms with E-state index in [1.54, 1.807) is 18.3 Å². The lowest BCUT2D eigenvalue weighted by atomic mass is 10.1. The van der Waals surface area contributed by atoms with Crippen molar-refractivity contribution in [2.75, 3.05) is 13.2 Å². The number of thiophene rings is 1. The van der Waals surface area contributed by atoms with E-state index in [0.717, 1.165) is 5.56 Å². The average molecular weight is 409 g/mol. The molecule has 1 aliphatic rings. The Kier molecular flexibility index (Phi) is 5.44. The Balaban J connectivity index is 1.67. The molecular formula is C21H17N2O5S-. The van der Waals surface area contributed by atoms with E-state index in [2.05, 4.69) is 5.10 Å². The van der Waals surface area contributed by atoms with Gasteiger partial charge in [0.25, 0.3) is 0 Å². The van der Waals surface area contributed by atoms with Crippen LogP contribution in [0.2, 0.25) is 0 Å². The number of ether oxygens (including phenoxy) is 2. The zero-order chi connectivity index (χ0) is 20.2. The Morgan fingerprint density at radius 2 is 2.03 bits per heavy atom. The largest absolute Gasteiger partial charge is 0.550 e. The van der Waals surface area contributed by atoms with Crippen molar-refractivity contribution in [2.45, 2.75) is 13.0 Å². The normalized spacial score (nSPS) is 13.0. The van der Waals surface area contributed by atoms with Gasteiger partial charge < -0.3 is 19.4 Å². The summed E-state index contributed by atoms with van der Waals surface area (Å²) in [5, 5.41) is 17.2. The number of allylic oxidation sites excluding steroid dienone is 1. The van der Waals surface area contributed by atoms with Gasteiger partial charge >= 0.3 is 0 Å². The van der Waals surface area contributed by atoms with Crippen LogP contribution in [0.3, 0.4) is 0 Å². The number of carboxylic acid groups (broad SMARTS) is 1. The fraction of sp³-hybridized carbons (Fsp3) is 0.190. The maximum absolute atomic E-state index is 12.3. The third-order valence-corrected chi connectivity index (χ3v) is 5.21. The first-order valence-corrected chi connectivity index (χ1v) is 9.91. The van der Waals surface area contributed by atoms with Crippen molar-refractivity contribution < 1.29 is 24.2 Å². The molecule has 1 aromatic carbocycles. The van der Waals surface area contributed by atoms with Crippen LogP contribution in [-0.4, -0.2) is 34.7 Å². The van der Waals surface area contributed by atoms with Gasteiger partial charge in [-0.25, -0.2) is 0 Å². The fourth-order valence-electron chi connectivity index (χ4n) is 2.96. The molecule has 4 rings (SSSR count). The van der Waals surface area contributed by atoms with Gasteiger partial charge in [-0.3, -0.25) is 9.48 Å². The van der Waals surface area contributed by atoms with Gasteiger partial charge in [0.1, 0.15) is 13.2 Å². The number of carbonyl (C=O) groups is 2. The van der Waals surface area contributed by atoms with E-state index >= 15 is 0 Å². The van der Waals surface area contributed by atoms with Crippen molar-refractivity contribution in [2.24, 2.45) is 0 Å². The predicted octanol–water partition coefficient (Wildman–Crippen LogP) is 2.42. The third-order valence-electron chi connectivity index (χ3n) is 4.33. The molecule has 0 atom stereocenters. The lowest BCUT2D eigenvalue weighted by Crippen LogP contribution is -2.23. The maximum atomic E-state index is 12.3. The smallest absolute Gasteiger partial charge is 0.195 e. The number of hydrogen-bond donors (Lipinski definition) is 0. The molecule has 1 aliphatic heterocycles. The van der Waals surface area contributed by atoms with Crippen molar-refractivity contribution in [1.82, 2.24) is 9.78 Å². The van der Waals surface area contributed by atoms with Crippen LogP contribution in [0.1, 0.15) is 21.7 Å². The number of benzene rings is 1. The zero-order valence-electron chi connectivity index (χ0n) is 15.4. The van der Waals surface area contributed by atoms with Crippen LogP contribution in [-0.2, 0) is 11.3 Å². The van der Waals surface area contributed by atoms with Gasteiger partial charge in [-0.05, 0) is 41.8 Å². The molecule has 0 fully saturated rings. The number of rotatable bonds is 7. The molecule has 29 heavy (non-hydrogen) atoms. The number of carboxylic acids is 1. The number of carbonyl (C=O) groups excluding carboxylic acids is 2. The van der Waals surface area contributed by atoms with E-state index in [1.807, 2.05) is 29.6 Å². The zero-order valence-corrected chi connectivity index (χ0v) is 16.2. The highest BCUT2D eigenvalue weighted by Gasteiger charge is 2.16. The minimum atomic E-state index is -1.15. The van der Waals surface area contributed by atoms with Gasteiger partial charge in [0, 0.05) is 36.3 Å². The molecular weight excluding hydrogens is 392 g/mol. The molecule has 0 N–H and O–H groups in total. The fourth-order valence-corrected chi connectivity index (χ4v) is 3.61. The Hall–Kier alpha value is -3.39. The summed E-state index contributed by atoms with van der Waals surface area (Å²) in [5.41, 5.74) is 2.10. The first-order valence-electron chi connectivity index (χ1n) is 9.03. The molecule has 3 heterocycles. The monoisotopic (exact) mass is 409 g/mol. The van der Waals surface area contributed by atoms with Crippen molar-refractivity contribution in [3.05, 3.63) is 58.4 Å². The predicted molar refractivity (Wildman–Crippen MR) is 106 cm³/mol. The number of nitrogens with zero attached hydrogens (tertiary/aromatic N) is 2. The lowest BCUT2D eigenvalue weighted by molar-refractivity contribution is -0.306. The minimum absolute atomic E-state index is 0.101. The van der Waals surface area contributed by atoms with E-state index in [-0.39, 0.29) is 18.7 Å². The first kappa shape index (κ1) is 18.9. The van der Waals surface area contributed by atoms with Gasteiger partial charge in [-0.2, -0.15) is 5.10 Å². The molecule has 8 heteroatoms. The summed E-state index contributed by atoms with van der Waals surface area (Å²) >= 11 is 1.37. The first-order chi connectivity index (χ1) is 14.1. The van der Waals surface area contributed by atoms with Crippen LogP contribution < -0.4 is 14.6 Å². The van der Waals surface area contributed by atoms with E-state index < -0.39 is 5.97 Å². The van der Waals surface area contributed by atoms with E-state index in [0.29, 0.717) is 40.8 Å². The van der Waals surface area contributed by atoms with Crippen molar-refractivity contribution in [3.63, 3.8) is 0 Å². The van der Waals surface area contributed by atoms with Gasteiger partial charge in [-0.1, -0.05) is 6.07 Å². The van der Waals surface area contributed by atoms with Gasteiger partial charge in [0.15, 0.2) is 17.3 Å². The lowest BCUT2D eigenvalue weighted by Gasteiger charge is -2.18. The number of fused-ring (bicyclic) bond motifs is 1. The molecule has 0 spiro atoms. The molecule has 0 unspecified atom stereocenters.